The maximum atomic E-state index is 11.9. The predicted molar refractivity (Wildman–Crippen MR) is 73.9 cm³/mol. The highest BCUT2D eigenvalue weighted by Gasteiger charge is 2.34. The molecule has 2 N–H and O–H groups in total. The van der Waals surface area contributed by atoms with Gasteiger partial charge in [-0.25, -0.2) is 4.79 Å². The Morgan fingerprint density at radius 3 is 2.68 bits per heavy atom. The Kier molecular flexibility index (Phi) is 5.50. The number of carbonyl (C=O) groups is 2. The lowest BCUT2D eigenvalue weighted by Gasteiger charge is -2.25. The van der Waals surface area contributed by atoms with Crippen LogP contribution in [-0.2, 0) is 20.7 Å². The monoisotopic (exact) mass is 329 g/mol. The van der Waals surface area contributed by atoms with Crippen molar-refractivity contribution < 1.29 is 19.4 Å². The summed E-state index contributed by atoms with van der Waals surface area (Å²) < 4.78 is 5.71. The molecule has 6 heteroatoms. The molecule has 0 aliphatic heterocycles. The number of carboxylic acid groups (broad SMARTS) is 1. The zero-order valence-corrected chi connectivity index (χ0v) is 12.4. The lowest BCUT2D eigenvalue weighted by Crippen LogP contribution is -2.55. The molecule has 0 fully saturated rings. The van der Waals surface area contributed by atoms with Crippen LogP contribution in [0.1, 0.15) is 12.5 Å². The van der Waals surface area contributed by atoms with Crippen LogP contribution in [-0.4, -0.2) is 36.2 Å². The first kappa shape index (κ1) is 15.7. The average molecular weight is 330 g/mol. The van der Waals surface area contributed by atoms with Crippen LogP contribution in [0.4, 0.5) is 0 Å². The average Bonchev–Trinajstić information content (AvgIpc) is 2.28. The van der Waals surface area contributed by atoms with Gasteiger partial charge in [-0.05, 0) is 24.6 Å². The highest BCUT2D eigenvalue weighted by atomic mass is 79.9. The van der Waals surface area contributed by atoms with Gasteiger partial charge in [-0.2, -0.15) is 0 Å². The first-order valence-corrected chi connectivity index (χ1v) is 6.44. The molecule has 1 amide bonds. The zero-order chi connectivity index (χ0) is 14.5. The van der Waals surface area contributed by atoms with Crippen LogP contribution in [0.5, 0.6) is 0 Å². The number of halogens is 1. The largest absolute Gasteiger partial charge is 0.479 e. The number of hydrogen-bond donors (Lipinski definition) is 2. The summed E-state index contributed by atoms with van der Waals surface area (Å²) >= 11 is 3.32. The van der Waals surface area contributed by atoms with Gasteiger partial charge in [0.15, 0.2) is 5.54 Å². The molecule has 0 spiro atoms. The van der Waals surface area contributed by atoms with Crippen molar-refractivity contribution in [2.75, 3.05) is 13.7 Å². The summed E-state index contributed by atoms with van der Waals surface area (Å²) in [5, 5.41) is 11.6. The normalized spacial score (nSPS) is 13.6. The van der Waals surface area contributed by atoms with Gasteiger partial charge in [0.2, 0.25) is 5.91 Å². The molecule has 1 aromatic carbocycles. The van der Waals surface area contributed by atoms with Crippen molar-refractivity contribution in [2.24, 2.45) is 0 Å². The Morgan fingerprint density at radius 1 is 1.47 bits per heavy atom. The maximum Gasteiger partial charge on any atom is 0.331 e. The molecule has 0 aromatic heterocycles. The lowest BCUT2D eigenvalue weighted by atomic mass is 10.0. The van der Waals surface area contributed by atoms with Crippen molar-refractivity contribution in [1.29, 1.82) is 0 Å². The minimum atomic E-state index is -1.42. The summed E-state index contributed by atoms with van der Waals surface area (Å²) in [5.74, 6) is -1.49. The fraction of sp³-hybridized carbons (Fsp3) is 0.385. The quantitative estimate of drug-likeness (QED) is 0.831. The Morgan fingerprint density at radius 2 is 2.16 bits per heavy atom. The van der Waals surface area contributed by atoms with E-state index in [0.717, 1.165) is 10.0 Å². The summed E-state index contributed by atoms with van der Waals surface area (Å²) in [6.07, 6.45) is 0.117. The molecule has 1 rings (SSSR count). The number of hydrogen-bond acceptors (Lipinski definition) is 3. The SMILES string of the molecule is COCC(C)(NC(=O)Cc1cccc(Br)c1)C(=O)O. The number of nitrogens with one attached hydrogen (secondary N) is 1. The van der Waals surface area contributed by atoms with Crippen LogP contribution in [0.2, 0.25) is 0 Å². The number of amides is 1. The van der Waals surface area contributed by atoms with Gasteiger partial charge in [0, 0.05) is 11.6 Å². The molecule has 0 saturated carbocycles. The van der Waals surface area contributed by atoms with Gasteiger partial charge >= 0.3 is 5.97 Å². The van der Waals surface area contributed by atoms with Crippen molar-refractivity contribution in [3.8, 4) is 0 Å². The van der Waals surface area contributed by atoms with E-state index < -0.39 is 11.5 Å². The number of aliphatic carboxylic acids is 1. The van der Waals surface area contributed by atoms with Crippen molar-refractivity contribution in [3.63, 3.8) is 0 Å². The molecule has 0 aliphatic rings. The van der Waals surface area contributed by atoms with Gasteiger partial charge in [-0.15, -0.1) is 0 Å². The topological polar surface area (TPSA) is 75.6 Å². The molecular formula is C13H16BrNO4. The van der Waals surface area contributed by atoms with Gasteiger partial charge in [-0.3, -0.25) is 4.79 Å². The zero-order valence-electron chi connectivity index (χ0n) is 10.8. The Balaban J connectivity index is 2.71. The maximum absolute atomic E-state index is 11.9. The molecule has 19 heavy (non-hydrogen) atoms. The molecule has 0 heterocycles. The smallest absolute Gasteiger partial charge is 0.331 e. The van der Waals surface area contributed by atoms with Gasteiger partial charge in [0.05, 0.1) is 13.0 Å². The molecule has 0 bridgehead atoms. The fourth-order valence-corrected chi connectivity index (χ4v) is 2.07. The minimum Gasteiger partial charge on any atom is -0.479 e. The second-order valence-electron chi connectivity index (χ2n) is 4.43. The van der Waals surface area contributed by atoms with Crippen LogP contribution in [0.25, 0.3) is 0 Å². The third-order valence-electron chi connectivity index (χ3n) is 2.57. The summed E-state index contributed by atoms with van der Waals surface area (Å²) in [5.41, 5.74) is -0.616. The van der Waals surface area contributed by atoms with E-state index in [1.54, 1.807) is 6.07 Å². The summed E-state index contributed by atoms with van der Waals surface area (Å²) in [7, 11) is 1.39. The molecule has 0 radical (unpaired) electrons. The van der Waals surface area contributed by atoms with E-state index in [4.69, 9.17) is 9.84 Å². The summed E-state index contributed by atoms with van der Waals surface area (Å²) in [6.45, 7) is 1.32. The summed E-state index contributed by atoms with van der Waals surface area (Å²) in [4.78, 5) is 23.0. The van der Waals surface area contributed by atoms with Gasteiger partial charge < -0.3 is 15.2 Å². The predicted octanol–water partition coefficient (Wildman–Crippen LogP) is 1.60. The molecule has 1 atom stereocenters. The highest BCUT2D eigenvalue weighted by molar-refractivity contribution is 9.10. The van der Waals surface area contributed by atoms with E-state index in [1.165, 1.54) is 14.0 Å². The van der Waals surface area contributed by atoms with Crippen LogP contribution < -0.4 is 5.32 Å². The van der Waals surface area contributed by atoms with Crippen molar-refractivity contribution >= 4 is 27.8 Å². The van der Waals surface area contributed by atoms with Crippen LogP contribution in [0.15, 0.2) is 28.7 Å². The molecule has 1 unspecified atom stereocenters. The van der Waals surface area contributed by atoms with Crippen molar-refractivity contribution in [2.45, 2.75) is 18.9 Å². The van der Waals surface area contributed by atoms with E-state index in [2.05, 4.69) is 21.2 Å². The Bertz CT molecular complexity index is 477. The first-order chi connectivity index (χ1) is 8.87. The molecule has 0 saturated heterocycles. The van der Waals surface area contributed by atoms with Gasteiger partial charge in [-0.1, -0.05) is 28.1 Å². The Labute approximate surface area is 120 Å². The third kappa shape index (κ3) is 4.65. The Hall–Kier alpha value is -1.40. The molecule has 0 aliphatic carbocycles. The number of methoxy groups -OCH3 is 1. The number of rotatable bonds is 6. The fourth-order valence-electron chi connectivity index (χ4n) is 1.62. The van der Waals surface area contributed by atoms with Crippen molar-refractivity contribution in [3.05, 3.63) is 34.3 Å². The third-order valence-corrected chi connectivity index (χ3v) is 3.07. The molecule has 5 nitrogen and oxygen atoms in total. The number of ether oxygens (including phenoxy) is 1. The minimum absolute atomic E-state index is 0.0907. The van der Waals surface area contributed by atoms with Crippen LogP contribution in [0, 0.1) is 0 Å². The summed E-state index contributed by atoms with van der Waals surface area (Å²) in [6, 6.07) is 7.29. The van der Waals surface area contributed by atoms with E-state index in [1.807, 2.05) is 18.2 Å². The van der Waals surface area contributed by atoms with E-state index in [-0.39, 0.29) is 18.9 Å². The van der Waals surface area contributed by atoms with Crippen LogP contribution in [0.3, 0.4) is 0 Å². The number of benzene rings is 1. The lowest BCUT2D eigenvalue weighted by molar-refractivity contribution is -0.149. The van der Waals surface area contributed by atoms with Crippen molar-refractivity contribution in [1.82, 2.24) is 5.32 Å². The second kappa shape index (κ2) is 6.68. The highest BCUT2D eigenvalue weighted by Crippen LogP contribution is 2.13. The van der Waals surface area contributed by atoms with Crippen LogP contribution >= 0.6 is 15.9 Å². The number of carboxylic acids is 1. The molecule has 104 valence electrons. The van der Waals surface area contributed by atoms with Gasteiger partial charge in [0.1, 0.15) is 0 Å². The van der Waals surface area contributed by atoms with Gasteiger partial charge in [0.25, 0.3) is 0 Å². The standard InChI is InChI=1S/C13H16BrNO4/c1-13(8-19-2,12(17)18)15-11(16)7-9-4-3-5-10(14)6-9/h3-6H,7-8H2,1-2H3,(H,15,16)(H,17,18). The molecular weight excluding hydrogens is 314 g/mol. The number of carbonyl (C=O) groups excluding carboxylic acids is 1. The van der Waals surface area contributed by atoms with E-state index >= 15 is 0 Å². The van der Waals surface area contributed by atoms with E-state index in [0.29, 0.717) is 0 Å². The molecule has 1 aromatic rings. The van der Waals surface area contributed by atoms with E-state index in [9.17, 15) is 9.59 Å². The second-order valence-corrected chi connectivity index (χ2v) is 5.34. The first-order valence-electron chi connectivity index (χ1n) is 5.65.